The maximum Gasteiger partial charge on any atom is 0.251 e. The molecular weight excluding hydrogens is 320 g/mol. The molecule has 1 saturated carbocycles. The summed E-state index contributed by atoms with van der Waals surface area (Å²) in [6.07, 6.45) is 1.94. The number of nitrogens with zero attached hydrogens (tertiary/aromatic N) is 1. The van der Waals surface area contributed by atoms with Crippen LogP contribution < -0.4 is 5.32 Å². The van der Waals surface area contributed by atoms with Crippen LogP contribution in [0.1, 0.15) is 28.8 Å². The standard InChI is InChI=1S/C19H18N2O2S/c20-11-15-3-1-2-4-17(15)24-16-7-5-14(6-8-16)18(23)21-12-19(13-22)9-10-19/h1-8,22H,9-10,12-13H2,(H,21,23). The average Bonchev–Trinajstić information content (AvgIpc) is 3.41. The molecule has 0 bridgehead atoms. The van der Waals surface area contributed by atoms with E-state index in [-0.39, 0.29) is 17.9 Å². The lowest BCUT2D eigenvalue weighted by atomic mass is 10.1. The monoisotopic (exact) mass is 338 g/mol. The summed E-state index contributed by atoms with van der Waals surface area (Å²) >= 11 is 1.50. The Labute approximate surface area is 145 Å². The number of aliphatic hydroxyl groups is 1. The van der Waals surface area contributed by atoms with Gasteiger partial charge in [0.1, 0.15) is 6.07 Å². The summed E-state index contributed by atoms with van der Waals surface area (Å²) in [5.74, 6) is -0.122. The van der Waals surface area contributed by atoms with Crippen molar-refractivity contribution < 1.29 is 9.90 Å². The first-order valence-electron chi connectivity index (χ1n) is 7.82. The molecule has 0 aromatic heterocycles. The molecule has 0 aliphatic heterocycles. The minimum absolute atomic E-state index is 0.0908. The fourth-order valence-corrected chi connectivity index (χ4v) is 3.28. The molecular formula is C19H18N2O2S. The first kappa shape index (κ1) is 16.6. The molecule has 0 saturated heterocycles. The number of amides is 1. The van der Waals surface area contributed by atoms with Crippen LogP contribution in [-0.4, -0.2) is 24.2 Å². The summed E-state index contributed by atoms with van der Waals surface area (Å²) < 4.78 is 0. The highest BCUT2D eigenvalue weighted by atomic mass is 32.2. The van der Waals surface area contributed by atoms with Gasteiger partial charge in [0.25, 0.3) is 5.91 Å². The number of rotatable bonds is 6. The van der Waals surface area contributed by atoms with E-state index in [1.165, 1.54) is 11.8 Å². The minimum atomic E-state index is -0.122. The Balaban J connectivity index is 1.63. The Morgan fingerprint density at radius 2 is 1.92 bits per heavy atom. The lowest BCUT2D eigenvalue weighted by molar-refractivity contribution is 0.0935. The third-order valence-electron chi connectivity index (χ3n) is 4.27. The molecule has 4 nitrogen and oxygen atoms in total. The van der Waals surface area contributed by atoms with E-state index in [0.717, 1.165) is 22.6 Å². The molecule has 1 aliphatic rings. The van der Waals surface area contributed by atoms with E-state index in [2.05, 4.69) is 11.4 Å². The number of hydrogen-bond donors (Lipinski definition) is 2. The van der Waals surface area contributed by atoms with Crippen LogP contribution in [0.2, 0.25) is 0 Å². The summed E-state index contributed by atoms with van der Waals surface area (Å²) in [5.41, 5.74) is 1.15. The molecule has 0 atom stereocenters. The van der Waals surface area contributed by atoms with Gasteiger partial charge in [0.2, 0.25) is 0 Å². The Morgan fingerprint density at radius 1 is 1.21 bits per heavy atom. The van der Waals surface area contributed by atoms with Crippen molar-refractivity contribution in [2.45, 2.75) is 22.6 Å². The van der Waals surface area contributed by atoms with Crippen LogP contribution in [0.15, 0.2) is 58.3 Å². The van der Waals surface area contributed by atoms with Crippen molar-refractivity contribution in [2.24, 2.45) is 5.41 Å². The van der Waals surface area contributed by atoms with Gasteiger partial charge in [0.15, 0.2) is 0 Å². The third kappa shape index (κ3) is 3.78. The first-order chi connectivity index (χ1) is 11.7. The van der Waals surface area contributed by atoms with E-state index in [4.69, 9.17) is 5.26 Å². The predicted octanol–water partition coefficient (Wildman–Crippen LogP) is 3.21. The molecule has 2 N–H and O–H groups in total. The smallest absolute Gasteiger partial charge is 0.251 e. The number of nitriles is 1. The van der Waals surface area contributed by atoms with Crippen molar-refractivity contribution in [2.75, 3.05) is 13.2 Å². The van der Waals surface area contributed by atoms with Crippen LogP contribution in [0.4, 0.5) is 0 Å². The quantitative estimate of drug-likeness (QED) is 0.848. The summed E-state index contributed by atoms with van der Waals surface area (Å²) in [6.45, 7) is 0.648. The number of hydrogen-bond acceptors (Lipinski definition) is 4. The molecule has 2 aromatic rings. The van der Waals surface area contributed by atoms with Gasteiger partial charge in [-0.15, -0.1) is 0 Å². The van der Waals surface area contributed by atoms with E-state index < -0.39 is 0 Å². The molecule has 3 rings (SSSR count). The van der Waals surface area contributed by atoms with Crippen molar-refractivity contribution in [1.82, 2.24) is 5.32 Å². The highest BCUT2D eigenvalue weighted by Crippen LogP contribution is 2.44. The van der Waals surface area contributed by atoms with Gasteiger partial charge >= 0.3 is 0 Å². The van der Waals surface area contributed by atoms with Crippen molar-refractivity contribution in [3.05, 3.63) is 59.7 Å². The second-order valence-electron chi connectivity index (χ2n) is 6.08. The number of carbonyl (C=O) groups is 1. The number of benzene rings is 2. The van der Waals surface area contributed by atoms with Crippen molar-refractivity contribution in [3.8, 4) is 6.07 Å². The summed E-state index contributed by atoms with van der Waals surface area (Å²) in [5, 5.41) is 21.3. The van der Waals surface area contributed by atoms with Crippen LogP contribution in [0, 0.1) is 16.7 Å². The zero-order valence-electron chi connectivity index (χ0n) is 13.2. The molecule has 1 amide bonds. The minimum Gasteiger partial charge on any atom is -0.396 e. The number of nitrogens with one attached hydrogen (secondary N) is 1. The number of carbonyl (C=O) groups excluding carboxylic acids is 1. The maximum absolute atomic E-state index is 12.2. The Kier molecular flexibility index (Phi) is 4.89. The fourth-order valence-electron chi connectivity index (χ4n) is 2.39. The molecule has 1 aliphatic carbocycles. The third-order valence-corrected chi connectivity index (χ3v) is 5.35. The molecule has 24 heavy (non-hydrogen) atoms. The first-order valence-corrected chi connectivity index (χ1v) is 8.64. The molecule has 5 heteroatoms. The van der Waals surface area contributed by atoms with E-state index >= 15 is 0 Å². The van der Waals surface area contributed by atoms with Gasteiger partial charge in [-0.05, 0) is 49.2 Å². The lowest BCUT2D eigenvalue weighted by Gasteiger charge is -2.12. The Bertz CT molecular complexity index is 777. The van der Waals surface area contributed by atoms with Crippen LogP contribution in [0.3, 0.4) is 0 Å². The predicted molar refractivity (Wildman–Crippen MR) is 92.8 cm³/mol. The van der Waals surface area contributed by atoms with E-state index in [0.29, 0.717) is 17.7 Å². The zero-order chi connectivity index (χ0) is 17.0. The van der Waals surface area contributed by atoms with Gasteiger partial charge in [-0.1, -0.05) is 23.9 Å². The normalized spacial score (nSPS) is 14.7. The van der Waals surface area contributed by atoms with E-state index in [1.54, 1.807) is 18.2 Å². The van der Waals surface area contributed by atoms with Crippen molar-refractivity contribution in [3.63, 3.8) is 0 Å². The van der Waals surface area contributed by atoms with E-state index in [9.17, 15) is 9.90 Å². The summed E-state index contributed by atoms with van der Waals surface area (Å²) in [6, 6.07) is 17.0. The molecule has 1 fully saturated rings. The van der Waals surface area contributed by atoms with E-state index in [1.807, 2.05) is 30.3 Å². The van der Waals surface area contributed by atoms with Gasteiger partial charge in [0, 0.05) is 27.3 Å². The SMILES string of the molecule is N#Cc1ccccc1Sc1ccc(C(=O)NCC2(CO)CC2)cc1. The highest BCUT2D eigenvalue weighted by Gasteiger charge is 2.42. The summed E-state index contributed by atoms with van der Waals surface area (Å²) in [7, 11) is 0. The maximum atomic E-state index is 12.2. The molecule has 0 heterocycles. The van der Waals surface area contributed by atoms with Gasteiger partial charge < -0.3 is 10.4 Å². The molecule has 122 valence electrons. The zero-order valence-corrected chi connectivity index (χ0v) is 14.0. The Morgan fingerprint density at radius 3 is 2.54 bits per heavy atom. The second kappa shape index (κ2) is 7.08. The molecule has 0 radical (unpaired) electrons. The second-order valence-corrected chi connectivity index (χ2v) is 7.19. The molecule has 0 spiro atoms. The average molecular weight is 338 g/mol. The fraction of sp³-hybridized carbons (Fsp3) is 0.263. The van der Waals surface area contributed by atoms with Crippen molar-refractivity contribution >= 4 is 17.7 Å². The van der Waals surface area contributed by atoms with Gasteiger partial charge in [-0.25, -0.2) is 0 Å². The van der Waals surface area contributed by atoms with Crippen LogP contribution in [0.25, 0.3) is 0 Å². The van der Waals surface area contributed by atoms with Gasteiger partial charge in [0.05, 0.1) is 12.2 Å². The largest absolute Gasteiger partial charge is 0.396 e. The Hall–Kier alpha value is -2.29. The summed E-state index contributed by atoms with van der Waals surface area (Å²) in [4.78, 5) is 14.0. The van der Waals surface area contributed by atoms with Gasteiger partial charge in [-0.2, -0.15) is 5.26 Å². The number of aliphatic hydroxyl groups excluding tert-OH is 1. The van der Waals surface area contributed by atoms with Gasteiger partial charge in [-0.3, -0.25) is 4.79 Å². The topological polar surface area (TPSA) is 73.1 Å². The van der Waals surface area contributed by atoms with Crippen LogP contribution >= 0.6 is 11.8 Å². The molecule has 2 aromatic carbocycles. The molecule has 0 unspecified atom stereocenters. The highest BCUT2D eigenvalue weighted by molar-refractivity contribution is 7.99. The lowest BCUT2D eigenvalue weighted by Crippen LogP contribution is -2.31. The van der Waals surface area contributed by atoms with Crippen LogP contribution in [0.5, 0.6) is 0 Å². The van der Waals surface area contributed by atoms with Crippen molar-refractivity contribution in [1.29, 1.82) is 5.26 Å². The van der Waals surface area contributed by atoms with Crippen LogP contribution in [-0.2, 0) is 0 Å².